The molecule has 3 rings (SSSR count). The van der Waals surface area contributed by atoms with E-state index in [1.54, 1.807) is 18.2 Å². The van der Waals surface area contributed by atoms with Crippen LogP contribution in [0.2, 0.25) is 0 Å². The van der Waals surface area contributed by atoms with Gasteiger partial charge in [-0.05, 0) is 48.1 Å². The van der Waals surface area contributed by atoms with Gasteiger partial charge in [0.1, 0.15) is 0 Å². The van der Waals surface area contributed by atoms with Crippen molar-refractivity contribution in [3.63, 3.8) is 0 Å². The van der Waals surface area contributed by atoms with Gasteiger partial charge in [0.15, 0.2) is 0 Å². The minimum atomic E-state index is -0.912. The first-order valence-electron chi connectivity index (χ1n) is 8.55. The molecule has 4 heteroatoms. The molecule has 0 radical (unpaired) electrons. The third-order valence-electron chi connectivity index (χ3n) is 4.66. The second-order valence-corrected chi connectivity index (χ2v) is 6.40. The van der Waals surface area contributed by atoms with Crippen molar-refractivity contribution in [2.24, 2.45) is 0 Å². The molecule has 0 saturated heterocycles. The van der Waals surface area contributed by atoms with Crippen molar-refractivity contribution in [3.05, 3.63) is 94.6 Å². The van der Waals surface area contributed by atoms with Crippen LogP contribution in [0.5, 0.6) is 0 Å². The number of hydrogen-bond acceptors (Lipinski definition) is 2. The Morgan fingerprint density at radius 1 is 0.962 bits per heavy atom. The molecule has 0 saturated carbocycles. The van der Waals surface area contributed by atoms with E-state index < -0.39 is 11.9 Å². The van der Waals surface area contributed by atoms with Crippen molar-refractivity contribution in [3.8, 4) is 0 Å². The van der Waals surface area contributed by atoms with E-state index in [-0.39, 0.29) is 5.92 Å². The van der Waals surface area contributed by atoms with Crippen molar-refractivity contribution in [1.82, 2.24) is 0 Å². The van der Waals surface area contributed by atoms with Gasteiger partial charge in [-0.3, -0.25) is 0 Å². The number of aromatic carboxylic acids is 1. The summed E-state index contributed by atoms with van der Waals surface area (Å²) in [5.74, 6) is -1.50. The molecule has 0 fully saturated rings. The number of allylic oxidation sites excluding steroid dienone is 9. The number of aliphatic carboxylic acids is 1. The van der Waals surface area contributed by atoms with Crippen LogP contribution in [0.3, 0.4) is 0 Å². The number of rotatable bonds is 5. The maximum atomic E-state index is 10.9. The van der Waals surface area contributed by atoms with E-state index in [9.17, 15) is 9.59 Å². The van der Waals surface area contributed by atoms with Gasteiger partial charge in [-0.1, -0.05) is 54.7 Å². The number of carboxylic acids is 2. The van der Waals surface area contributed by atoms with Gasteiger partial charge in [0, 0.05) is 11.5 Å². The maximum absolute atomic E-state index is 10.9. The lowest BCUT2D eigenvalue weighted by Gasteiger charge is -2.16. The zero-order valence-corrected chi connectivity index (χ0v) is 14.3. The van der Waals surface area contributed by atoms with Crippen LogP contribution in [0.25, 0.3) is 0 Å². The van der Waals surface area contributed by atoms with E-state index in [0.717, 1.165) is 29.6 Å². The Morgan fingerprint density at radius 2 is 1.73 bits per heavy atom. The molecule has 132 valence electrons. The van der Waals surface area contributed by atoms with Crippen LogP contribution in [0.1, 0.15) is 41.1 Å². The first-order valence-corrected chi connectivity index (χ1v) is 8.55. The number of carboxylic acid groups (broad SMARTS) is 2. The van der Waals surface area contributed by atoms with Crippen LogP contribution in [0, 0.1) is 0 Å². The molecule has 0 bridgehead atoms. The van der Waals surface area contributed by atoms with E-state index >= 15 is 0 Å². The second kappa shape index (κ2) is 7.83. The predicted octanol–water partition coefficient (Wildman–Crippen LogP) is 4.64. The molecule has 0 amide bonds. The molecule has 1 aromatic rings. The van der Waals surface area contributed by atoms with Gasteiger partial charge >= 0.3 is 11.9 Å². The minimum Gasteiger partial charge on any atom is -0.478 e. The highest BCUT2D eigenvalue weighted by Gasteiger charge is 2.12. The summed E-state index contributed by atoms with van der Waals surface area (Å²) in [4.78, 5) is 21.8. The fourth-order valence-electron chi connectivity index (χ4n) is 3.05. The molecule has 1 atom stereocenters. The molecule has 2 N–H and O–H groups in total. The molecule has 1 aromatic carbocycles. The molecule has 0 heterocycles. The minimum absolute atomic E-state index is 0.255. The first kappa shape index (κ1) is 17.7. The first-order chi connectivity index (χ1) is 12.5. The van der Waals surface area contributed by atoms with Crippen LogP contribution < -0.4 is 0 Å². The Balaban J connectivity index is 1.61. The van der Waals surface area contributed by atoms with Crippen molar-refractivity contribution in [1.29, 1.82) is 0 Å². The molecular formula is C22H20O4. The smallest absolute Gasteiger partial charge is 0.335 e. The average molecular weight is 348 g/mol. The van der Waals surface area contributed by atoms with Gasteiger partial charge in [-0.25, -0.2) is 9.59 Å². The number of benzene rings is 1. The lowest BCUT2D eigenvalue weighted by Crippen LogP contribution is -2.03. The number of hydrogen-bond donors (Lipinski definition) is 2. The summed E-state index contributed by atoms with van der Waals surface area (Å²) >= 11 is 0. The molecule has 0 aromatic heterocycles. The molecule has 26 heavy (non-hydrogen) atoms. The Bertz CT molecular complexity index is 864. The summed E-state index contributed by atoms with van der Waals surface area (Å²) < 4.78 is 0. The normalized spacial score (nSPS) is 19.7. The van der Waals surface area contributed by atoms with E-state index in [4.69, 9.17) is 10.2 Å². The summed E-state index contributed by atoms with van der Waals surface area (Å²) in [6.45, 7) is 0. The zero-order valence-electron chi connectivity index (χ0n) is 14.3. The molecule has 0 spiro atoms. The van der Waals surface area contributed by atoms with Crippen LogP contribution in [-0.2, 0) is 4.79 Å². The third kappa shape index (κ3) is 4.28. The highest BCUT2D eigenvalue weighted by molar-refractivity contribution is 5.88. The maximum Gasteiger partial charge on any atom is 0.335 e. The van der Waals surface area contributed by atoms with Gasteiger partial charge < -0.3 is 10.2 Å². The lowest BCUT2D eigenvalue weighted by atomic mass is 9.89. The largest absolute Gasteiger partial charge is 0.478 e. The Labute approximate surface area is 152 Å². The molecule has 1 unspecified atom stereocenters. The summed E-state index contributed by atoms with van der Waals surface area (Å²) in [6, 6.07) is 7.01. The molecular weight excluding hydrogens is 328 g/mol. The fourth-order valence-corrected chi connectivity index (χ4v) is 3.05. The van der Waals surface area contributed by atoms with Crippen LogP contribution in [0.4, 0.5) is 0 Å². The van der Waals surface area contributed by atoms with E-state index in [2.05, 4.69) is 18.2 Å². The Morgan fingerprint density at radius 3 is 2.27 bits per heavy atom. The summed E-state index contributed by atoms with van der Waals surface area (Å²) in [5, 5.41) is 17.9. The van der Waals surface area contributed by atoms with E-state index in [0.29, 0.717) is 17.6 Å². The third-order valence-corrected chi connectivity index (χ3v) is 4.66. The molecule has 2 aliphatic carbocycles. The second-order valence-electron chi connectivity index (χ2n) is 6.40. The van der Waals surface area contributed by atoms with Crippen molar-refractivity contribution >= 4 is 11.9 Å². The Kier molecular flexibility index (Phi) is 5.32. The van der Waals surface area contributed by atoms with Crippen LogP contribution >= 0.6 is 0 Å². The molecule has 0 aliphatic heterocycles. The average Bonchev–Trinajstić information content (AvgIpc) is 2.67. The summed E-state index contributed by atoms with van der Waals surface area (Å²) in [5.41, 5.74) is 4.10. The highest BCUT2D eigenvalue weighted by Crippen LogP contribution is 2.28. The zero-order chi connectivity index (χ0) is 18.5. The van der Waals surface area contributed by atoms with Gasteiger partial charge in [0.25, 0.3) is 0 Å². The Hall–Kier alpha value is -3.14. The van der Waals surface area contributed by atoms with Crippen molar-refractivity contribution < 1.29 is 19.8 Å². The standard InChI is InChI=1S/C22H20O4/c23-21(24)19-9-5-16(6-10-19)2-1-15-3-7-17(8-4-15)18-11-13-20(14-12-18)22(25)26/h1-5,7,9,11-14,17H,6,8,10H2,(H,23,24)(H,25,26)/b2-1-. The van der Waals surface area contributed by atoms with E-state index in [1.165, 1.54) is 0 Å². The summed E-state index contributed by atoms with van der Waals surface area (Å²) in [6.07, 6.45) is 16.2. The van der Waals surface area contributed by atoms with Crippen LogP contribution in [-0.4, -0.2) is 22.2 Å². The fraction of sp³-hybridized carbons (Fsp3) is 0.182. The SMILES string of the molecule is O=C(O)C1=CC=C(/C=C\C2=CCC(c3ccc(C(=O)O)cc3)C=C2)CC1. The lowest BCUT2D eigenvalue weighted by molar-refractivity contribution is -0.132. The van der Waals surface area contributed by atoms with Gasteiger partial charge in [0.2, 0.25) is 0 Å². The van der Waals surface area contributed by atoms with Gasteiger partial charge in [-0.2, -0.15) is 0 Å². The van der Waals surface area contributed by atoms with Gasteiger partial charge in [-0.15, -0.1) is 0 Å². The van der Waals surface area contributed by atoms with Crippen molar-refractivity contribution in [2.45, 2.75) is 25.2 Å². The number of carbonyl (C=O) groups is 2. The van der Waals surface area contributed by atoms with Gasteiger partial charge in [0.05, 0.1) is 5.56 Å². The monoisotopic (exact) mass is 348 g/mol. The van der Waals surface area contributed by atoms with E-state index in [1.807, 2.05) is 30.4 Å². The molecule has 2 aliphatic rings. The highest BCUT2D eigenvalue weighted by atomic mass is 16.4. The van der Waals surface area contributed by atoms with Crippen LogP contribution in [0.15, 0.2) is 83.5 Å². The van der Waals surface area contributed by atoms with Crippen molar-refractivity contribution in [2.75, 3.05) is 0 Å². The topological polar surface area (TPSA) is 74.6 Å². The summed E-state index contributed by atoms with van der Waals surface area (Å²) in [7, 11) is 0. The molecule has 4 nitrogen and oxygen atoms in total. The quantitative estimate of drug-likeness (QED) is 0.813. The predicted molar refractivity (Wildman–Crippen MR) is 100 cm³/mol.